The van der Waals surface area contributed by atoms with E-state index in [1.807, 2.05) is 37.3 Å². The van der Waals surface area contributed by atoms with Crippen LogP contribution in [0.3, 0.4) is 0 Å². The normalized spacial score (nSPS) is 23.8. The van der Waals surface area contributed by atoms with Crippen LogP contribution in [0.1, 0.15) is 17.3 Å². The summed E-state index contributed by atoms with van der Waals surface area (Å²) in [5.41, 5.74) is 10.3. The first kappa shape index (κ1) is 20.1. The number of carbonyl (C=O) groups is 3. The largest absolute Gasteiger partial charge is 0.366 e. The lowest BCUT2D eigenvalue weighted by Crippen LogP contribution is -2.55. The van der Waals surface area contributed by atoms with Gasteiger partial charge in [-0.05, 0) is 42.9 Å². The Labute approximate surface area is 175 Å². The van der Waals surface area contributed by atoms with E-state index in [0.29, 0.717) is 24.3 Å². The number of para-hydroxylation sites is 1. The molecule has 4 N–H and O–H groups in total. The summed E-state index contributed by atoms with van der Waals surface area (Å²) in [6.45, 7) is 3.97. The summed E-state index contributed by atoms with van der Waals surface area (Å²) < 4.78 is 0. The van der Waals surface area contributed by atoms with Gasteiger partial charge in [-0.3, -0.25) is 14.4 Å². The van der Waals surface area contributed by atoms with Crippen LogP contribution in [0, 0.1) is 11.8 Å². The fourth-order valence-electron chi connectivity index (χ4n) is 4.16. The van der Waals surface area contributed by atoms with Crippen molar-refractivity contribution in [3.63, 3.8) is 0 Å². The molecule has 0 radical (unpaired) electrons. The lowest BCUT2D eigenvalue weighted by atomic mass is 9.84. The zero-order valence-electron chi connectivity index (χ0n) is 16.7. The summed E-state index contributed by atoms with van der Waals surface area (Å²) in [6, 6.07) is 15.6. The molecule has 8 nitrogen and oxygen atoms in total. The Balaban J connectivity index is 1.54. The molecule has 3 amide bonds. The molecule has 0 spiro atoms. The third-order valence-corrected chi connectivity index (χ3v) is 5.83. The van der Waals surface area contributed by atoms with E-state index in [1.165, 1.54) is 0 Å². The van der Waals surface area contributed by atoms with Gasteiger partial charge in [-0.2, -0.15) is 0 Å². The number of primary amides is 1. The molecule has 2 aliphatic rings. The predicted octanol–water partition coefficient (Wildman–Crippen LogP) is 1.21. The molecule has 2 aliphatic heterocycles. The standard InChI is InChI=1S/C22H25N5O3/c1-2-26-12-17(21(29)24-15-10-8-14(9-11-15)20(23)28)19-18(13-26)22(30)27(25-19)16-6-4-3-5-7-16/h3-11,17-19,25H,2,12-13H2,1H3,(H2,23,28)(H,24,29). The third kappa shape index (κ3) is 3.79. The summed E-state index contributed by atoms with van der Waals surface area (Å²) in [6.07, 6.45) is 0. The smallest absolute Gasteiger partial charge is 0.248 e. The van der Waals surface area contributed by atoms with Gasteiger partial charge in [-0.25, -0.2) is 10.4 Å². The molecule has 2 aromatic rings. The highest BCUT2D eigenvalue weighted by molar-refractivity contribution is 6.00. The minimum absolute atomic E-state index is 0.0204. The number of nitrogens with zero attached hydrogens (tertiary/aromatic N) is 2. The number of nitrogens with two attached hydrogens (primary N) is 1. The highest BCUT2D eigenvalue weighted by atomic mass is 16.2. The fourth-order valence-corrected chi connectivity index (χ4v) is 4.16. The molecule has 3 atom stereocenters. The highest BCUT2D eigenvalue weighted by Crippen LogP contribution is 2.32. The second kappa shape index (κ2) is 8.25. The van der Waals surface area contributed by atoms with E-state index in [0.717, 1.165) is 12.2 Å². The molecular weight excluding hydrogens is 382 g/mol. The van der Waals surface area contributed by atoms with Gasteiger partial charge in [0.1, 0.15) is 0 Å². The van der Waals surface area contributed by atoms with E-state index in [1.54, 1.807) is 29.3 Å². The number of likely N-dealkylation sites (tertiary alicyclic amines) is 1. The topological polar surface area (TPSA) is 108 Å². The third-order valence-electron chi connectivity index (χ3n) is 5.83. The quantitative estimate of drug-likeness (QED) is 0.691. The van der Waals surface area contributed by atoms with E-state index in [4.69, 9.17) is 5.73 Å². The number of carbonyl (C=O) groups excluding carboxylic acids is 3. The van der Waals surface area contributed by atoms with Crippen LogP contribution in [0.15, 0.2) is 54.6 Å². The minimum atomic E-state index is -0.517. The molecule has 4 rings (SSSR count). The number of hydrazine groups is 1. The van der Waals surface area contributed by atoms with Gasteiger partial charge in [0.25, 0.3) is 0 Å². The zero-order valence-corrected chi connectivity index (χ0v) is 16.7. The van der Waals surface area contributed by atoms with E-state index in [-0.39, 0.29) is 23.8 Å². The van der Waals surface area contributed by atoms with E-state index >= 15 is 0 Å². The molecule has 2 fully saturated rings. The number of anilines is 2. The number of piperidine rings is 1. The van der Waals surface area contributed by atoms with Crippen LogP contribution < -0.4 is 21.5 Å². The van der Waals surface area contributed by atoms with Crippen molar-refractivity contribution < 1.29 is 14.4 Å². The highest BCUT2D eigenvalue weighted by Gasteiger charge is 2.50. The van der Waals surface area contributed by atoms with Gasteiger partial charge in [0, 0.05) is 24.3 Å². The van der Waals surface area contributed by atoms with Crippen LogP contribution in [0.25, 0.3) is 0 Å². The number of nitrogens with one attached hydrogen (secondary N) is 2. The van der Waals surface area contributed by atoms with Crippen LogP contribution in [0.2, 0.25) is 0 Å². The maximum Gasteiger partial charge on any atom is 0.248 e. The monoisotopic (exact) mass is 407 g/mol. The van der Waals surface area contributed by atoms with Crippen molar-refractivity contribution in [1.29, 1.82) is 0 Å². The summed E-state index contributed by atoms with van der Waals surface area (Å²) in [5.74, 6) is -1.40. The van der Waals surface area contributed by atoms with Gasteiger partial charge in [0.05, 0.1) is 23.6 Å². The molecule has 0 saturated carbocycles. The number of hydrogen-bond donors (Lipinski definition) is 3. The number of amides is 3. The van der Waals surface area contributed by atoms with Crippen LogP contribution >= 0.6 is 0 Å². The average Bonchev–Trinajstić information content (AvgIpc) is 3.10. The number of fused-ring (bicyclic) bond motifs is 1. The molecule has 3 unspecified atom stereocenters. The molecular formula is C22H25N5O3. The second-order valence-electron chi connectivity index (χ2n) is 7.66. The van der Waals surface area contributed by atoms with Gasteiger partial charge in [0.2, 0.25) is 17.7 Å². The molecule has 0 bridgehead atoms. The maximum atomic E-state index is 13.1. The molecule has 2 saturated heterocycles. The lowest BCUT2D eigenvalue weighted by Gasteiger charge is -2.37. The van der Waals surface area contributed by atoms with Crippen LogP contribution in [0.5, 0.6) is 0 Å². The summed E-state index contributed by atoms with van der Waals surface area (Å²) >= 11 is 0. The predicted molar refractivity (Wildman–Crippen MR) is 114 cm³/mol. The molecule has 8 heteroatoms. The molecule has 156 valence electrons. The SMILES string of the molecule is CCN1CC(C(=O)Nc2ccc(C(N)=O)cc2)C2NN(c3ccccc3)C(=O)C2C1. The Bertz CT molecular complexity index is 947. The van der Waals surface area contributed by atoms with Crippen molar-refractivity contribution >= 4 is 29.1 Å². The van der Waals surface area contributed by atoms with Gasteiger partial charge in [-0.15, -0.1) is 0 Å². The lowest BCUT2D eigenvalue weighted by molar-refractivity contribution is -0.126. The van der Waals surface area contributed by atoms with Crippen molar-refractivity contribution in [3.05, 3.63) is 60.2 Å². The Hall–Kier alpha value is -3.23. The van der Waals surface area contributed by atoms with Crippen LogP contribution in [-0.4, -0.2) is 48.3 Å². The fraction of sp³-hybridized carbons (Fsp3) is 0.318. The molecule has 0 aromatic heterocycles. The Morgan fingerprint density at radius 2 is 1.80 bits per heavy atom. The van der Waals surface area contributed by atoms with Gasteiger partial charge < -0.3 is 16.0 Å². The first-order valence-corrected chi connectivity index (χ1v) is 10.1. The molecule has 2 aromatic carbocycles. The van der Waals surface area contributed by atoms with Crippen molar-refractivity contribution in [2.45, 2.75) is 13.0 Å². The first-order valence-electron chi connectivity index (χ1n) is 10.1. The van der Waals surface area contributed by atoms with Gasteiger partial charge in [-0.1, -0.05) is 25.1 Å². The molecule has 0 aliphatic carbocycles. The van der Waals surface area contributed by atoms with Crippen molar-refractivity contribution in [2.75, 3.05) is 30.0 Å². The first-order chi connectivity index (χ1) is 14.5. The Morgan fingerprint density at radius 3 is 2.43 bits per heavy atom. The van der Waals surface area contributed by atoms with Crippen molar-refractivity contribution in [1.82, 2.24) is 10.3 Å². The number of benzene rings is 2. The van der Waals surface area contributed by atoms with Crippen molar-refractivity contribution in [3.8, 4) is 0 Å². The van der Waals surface area contributed by atoms with E-state index in [9.17, 15) is 14.4 Å². The van der Waals surface area contributed by atoms with Crippen LogP contribution in [-0.2, 0) is 9.59 Å². The molecule has 30 heavy (non-hydrogen) atoms. The summed E-state index contributed by atoms with van der Waals surface area (Å²) in [5, 5.41) is 4.48. The second-order valence-corrected chi connectivity index (χ2v) is 7.66. The van der Waals surface area contributed by atoms with Crippen molar-refractivity contribution in [2.24, 2.45) is 17.6 Å². The maximum absolute atomic E-state index is 13.1. The average molecular weight is 407 g/mol. The zero-order chi connectivity index (χ0) is 21.3. The molecule has 2 heterocycles. The van der Waals surface area contributed by atoms with E-state index < -0.39 is 11.8 Å². The number of rotatable bonds is 5. The summed E-state index contributed by atoms with van der Waals surface area (Å²) in [7, 11) is 0. The number of hydrogen-bond acceptors (Lipinski definition) is 5. The summed E-state index contributed by atoms with van der Waals surface area (Å²) in [4.78, 5) is 39.6. The van der Waals surface area contributed by atoms with Gasteiger partial charge >= 0.3 is 0 Å². The Morgan fingerprint density at radius 1 is 1.10 bits per heavy atom. The Kier molecular flexibility index (Phi) is 5.52. The minimum Gasteiger partial charge on any atom is -0.366 e. The van der Waals surface area contributed by atoms with Gasteiger partial charge in [0.15, 0.2) is 0 Å². The van der Waals surface area contributed by atoms with Crippen LogP contribution in [0.4, 0.5) is 11.4 Å². The van der Waals surface area contributed by atoms with E-state index in [2.05, 4.69) is 15.6 Å².